The fourth-order valence-electron chi connectivity index (χ4n) is 2.80. The summed E-state index contributed by atoms with van der Waals surface area (Å²) in [5.74, 6) is -0.297. The van der Waals surface area contributed by atoms with Gasteiger partial charge in [0.2, 0.25) is 0 Å². The van der Waals surface area contributed by atoms with Crippen LogP contribution in [-0.2, 0) is 0 Å². The molecular weight excluding hydrogens is 326 g/mol. The van der Waals surface area contributed by atoms with Crippen LogP contribution in [0.2, 0.25) is 0 Å². The predicted molar refractivity (Wildman–Crippen MR) is 106 cm³/mol. The zero-order valence-corrected chi connectivity index (χ0v) is 15.7. The zero-order valence-electron chi connectivity index (χ0n) is 15.7. The smallest absolute Gasteiger partial charge is 0.255 e. The molecule has 2 aromatic carbocycles. The van der Waals surface area contributed by atoms with Crippen LogP contribution >= 0.6 is 0 Å². The molecule has 0 radical (unpaired) electrons. The Balaban J connectivity index is 2.21. The summed E-state index contributed by atoms with van der Waals surface area (Å²) >= 11 is 0. The van der Waals surface area contributed by atoms with Gasteiger partial charge in [-0.15, -0.1) is 0 Å². The van der Waals surface area contributed by atoms with Gasteiger partial charge in [0.25, 0.3) is 11.8 Å². The first-order chi connectivity index (χ1) is 12.5. The van der Waals surface area contributed by atoms with Crippen molar-refractivity contribution in [2.45, 2.75) is 33.6 Å². The van der Waals surface area contributed by atoms with Gasteiger partial charge in [0.05, 0.1) is 0 Å². The van der Waals surface area contributed by atoms with E-state index in [1.54, 1.807) is 36.4 Å². The maximum Gasteiger partial charge on any atom is 0.255 e. The van der Waals surface area contributed by atoms with Gasteiger partial charge in [-0.2, -0.15) is 0 Å². The molecule has 0 aromatic heterocycles. The van der Waals surface area contributed by atoms with Gasteiger partial charge in [-0.05, 0) is 55.7 Å². The van der Waals surface area contributed by atoms with Gasteiger partial charge in [-0.25, -0.2) is 0 Å². The van der Waals surface area contributed by atoms with E-state index in [9.17, 15) is 9.59 Å². The fraction of sp³-hybridized carbons (Fsp3) is 0.333. The van der Waals surface area contributed by atoms with Crippen LogP contribution in [0.15, 0.2) is 42.5 Å². The molecular formula is C21H27N3O2. The molecule has 0 bridgehead atoms. The number of nitrogen functional groups attached to an aromatic ring is 1. The van der Waals surface area contributed by atoms with E-state index in [-0.39, 0.29) is 11.8 Å². The number of nitrogens with two attached hydrogens (primary N) is 1. The van der Waals surface area contributed by atoms with Gasteiger partial charge in [0.1, 0.15) is 0 Å². The highest BCUT2D eigenvalue weighted by molar-refractivity contribution is 6.06. The van der Waals surface area contributed by atoms with Gasteiger partial charge in [-0.1, -0.05) is 26.0 Å². The second kappa shape index (κ2) is 9.04. The molecule has 0 atom stereocenters. The van der Waals surface area contributed by atoms with Crippen molar-refractivity contribution in [3.8, 4) is 0 Å². The fourth-order valence-corrected chi connectivity index (χ4v) is 2.80. The number of carbonyl (C=O) groups is 2. The highest BCUT2D eigenvalue weighted by Gasteiger charge is 2.16. The Morgan fingerprint density at radius 1 is 1.00 bits per heavy atom. The standard InChI is InChI=1S/C21H27N3O2/c1-4-11-24(12-5-2)21(26)17-8-6-7-16(13-17)20(25)23-19-14-18(22)10-9-15(19)3/h6-10,13-14H,4-5,11-12,22H2,1-3H3,(H,23,25). The minimum atomic E-state index is -0.258. The molecule has 0 saturated carbocycles. The summed E-state index contributed by atoms with van der Waals surface area (Å²) in [6.07, 6.45) is 1.81. The summed E-state index contributed by atoms with van der Waals surface area (Å²) in [5, 5.41) is 2.87. The van der Waals surface area contributed by atoms with Gasteiger partial charge < -0.3 is 16.0 Å². The lowest BCUT2D eigenvalue weighted by Crippen LogP contribution is -2.32. The average Bonchev–Trinajstić information content (AvgIpc) is 2.64. The van der Waals surface area contributed by atoms with Crippen molar-refractivity contribution in [2.75, 3.05) is 24.1 Å². The van der Waals surface area contributed by atoms with Crippen molar-refractivity contribution in [3.05, 3.63) is 59.2 Å². The van der Waals surface area contributed by atoms with Crippen molar-refractivity contribution >= 4 is 23.2 Å². The summed E-state index contributed by atoms with van der Waals surface area (Å²) in [5.41, 5.74) is 8.96. The molecule has 0 heterocycles. The summed E-state index contributed by atoms with van der Waals surface area (Å²) in [6.45, 7) is 7.43. The second-order valence-electron chi connectivity index (χ2n) is 6.40. The van der Waals surface area contributed by atoms with Crippen molar-refractivity contribution in [1.29, 1.82) is 0 Å². The van der Waals surface area contributed by atoms with Crippen molar-refractivity contribution in [1.82, 2.24) is 4.90 Å². The van der Waals surface area contributed by atoms with Crippen LogP contribution in [0.25, 0.3) is 0 Å². The van der Waals surface area contributed by atoms with Crippen LogP contribution in [0.1, 0.15) is 53.0 Å². The Bertz CT molecular complexity index is 781. The van der Waals surface area contributed by atoms with E-state index in [4.69, 9.17) is 5.73 Å². The van der Waals surface area contributed by atoms with Crippen LogP contribution in [0, 0.1) is 6.92 Å². The first-order valence-corrected chi connectivity index (χ1v) is 9.03. The van der Waals surface area contributed by atoms with Crippen LogP contribution in [0.4, 0.5) is 11.4 Å². The first kappa shape index (κ1) is 19.5. The van der Waals surface area contributed by atoms with E-state index in [0.29, 0.717) is 35.6 Å². The van der Waals surface area contributed by atoms with Crippen molar-refractivity contribution < 1.29 is 9.59 Å². The van der Waals surface area contributed by atoms with E-state index in [2.05, 4.69) is 5.32 Å². The van der Waals surface area contributed by atoms with Crippen LogP contribution < -0.4 is 11.1 Å². The number of nitrogens with one attached hydrogen (secondary N) is 1. The largest absolute Gasteiger partial charge is 0.399 e. The Labute approximate surface area is 155 Å². The Morgan fingerprint density at radius 3 is 2.31 bits per heavy atom. The van der Waals surface area contributed by atoms with Gasteiger partial charge in [0.15, 0.2) is 0 Å². The van der Waals surface area contributed by atoms with Crippen LogP contribution in [0.5, 0.6) is 0 Å². The third kappa shape index (κ3) is 4.85. The van der Waals surface area contributed by atoms with E-state index in [1.807, 2.05) is 31.7 Å². The number of nitrogens with zero attached hydrogens (tertiary/aromatic N) is 1. The van der Waals surface area contributed by atoms with Crippen molar-refractivity contribution in [2.24, 2.45) is 0 Å². The van der Waals surface area contributed by atoms with E-state index < -0.39 is 0 Å². The van der Waals surface area contributed by atoms with E-state index in [1.165, 1.54) is 0 Å². The summed E-state index contributed by atoms with van der Waals surface area (Å²) in [6, 6.07) is 12.2. The lowest BCUT2D eigenvalue weighted by molar-refractivity contribution is 0.0755. The number of rotatable bonds is 7. The number of benzene rings is 2. The molecule has 138 valence electrons. The van der Waals surface area contributed by atoms with E-state index in [0.717, 1.165) is 18.4 Å². The molecule has 0 unspecified atom stereocenters. The highest BCUT2D eigenvalue weighted by Crippen LogP contribution is 2.19. The molecule has 5 nitrogen and oxygen atoms in total. The summed E-state index contributed by atoms with van der Waals surface area (Å²) in [4.78, 5) is 27.2. The number of carbonyl (C=O) groups excluding carboxylic acids is 2. The minimum Gasteiger partial charge on any atom is -0.399 e. The number of hydrogen-bond donors (Lipinski definition) is 2. The molecule has 0 aliphatic heterocycles. The van der Waals surface area contributed by atoms with E-state index >= 15 is 0 Å². The normalized spacial score (nSPS) is 10.4. The van der Waals surface area contributed by atoms with Gasteiger partial charge >= 0.3 is 0 Å². The Hall–Kier alpha value is -2.82. The maximum absolute atomic E-state index is 12.7. The third-order valence-corrected chi connectivity index (χ3v) is 4.16. The maximum atomic E-state index is 12.7. The molecule has 0 aliphatic rings. The van der Waals surface area contributed by atoms with Crippen LogP contribution in [0.3, 0.4) is 0 Å². The lowest BCUT2D eigenvalue weighted by Gasteiger charge is -2.21. The van der Waals surface area contributed by atoms with Gasteiger partial charge in [-0.3, -0.25) is 9.59 Å². The first-order valence-electron chi connectivity index (χ1n) is 9.03. The zero-order chi connectivity index (χ0) is 19.1. The number of hydrogen-bond acceptors (Lipinski definition) is 3. The molecule has 2 rings (SSSR count). The molecule has 0 saturated heterocycles. The summed E-state index contributed by atoms with van der Waals surface area (Å²) in [7, 11) is 0. The van der Waals surface area contributed by atoms with Gasteiger partial charge in [0, 0.05) is 35.6 Å². The third-order valence-electron chi connectivity index (χ3n) is 4.16. The highest BCUT2D eigenvalue weighted by atomic mass is 16.2. The van der Waals surface area contributed by atoms with Crippen LogP contribution in [-0.4, -0.2) is 29.8 Å². The molecule has 2 amide bonds. The molecule has 0 spiro atoms. The Kier molecular flexibility index (Phi) is 6.78. The second-order valence-corrected chi connectivity index (χ2v) is 6.40. The number of aryl methyl sites for hydroxylation is 1. The summed E-state index contributed by atoms with van der Waals surface area (Å²) < 4.78 is 0. The topological polar surface area (TPSA) is 75.4 Å². The average molecular weight is 353 g/mol. The molecule has 26 heavy (non-hydrogen) atoms. The predicted octanol–water partition coefficient (Wildman–Crippen LogP) is 4.09. The molecule has 2 aromatic rings. The molecule has 3 N–H and O–H groups in total. The monoisotopic (exact) mass is 353 g/mol. The van der Waals surface area contributed by atoms with Crippen molar-refractivity contribution in [3.63, 3.8) is 0 Å². The minimum absolute atomic E-state index is 0.0384. The Morgan fingerprint density at radius 2 is 1.65 bits per heavy atom. The number of anilines is 2. The number of amides is 2. The lowest BCUT2D eigenvalue weighted by atomic mass is 10.1. The SMILES string of the molecule is CCCN(CCC)C(=O)c1cccc(C(=O)Nc2cc(N)ccc2C)c1. The molecule has 0 aliphatic carbocycles. The molecule has 5 heteroatoms. The quantitative estimate of drug-likeness (QED) is 0.736. The molecule has 0 fully saturated rings.